The Kier molecular flexibility index (Phi) is 7.67. The summed E-state index contributed by atoms with van der Waals surface area (Å²) in [6, 6.07) is 21.2. The third kappa shape index (κ3) is 5.86. The van der Waals surface area contributed by atoms with Gasteiger partial charge in [-0.1, -0.05) is 88.6 Å². The minimum atomic E-state index is -0.276. The fraction of sp³-hybridized carbons (Fsp3) is 0.120. The molecule has 9 heteroatoms. The van der Waals surface area contributed by atoms with E-state index in [9.17, 15) is 4.79 Å². The first-order valence-corrected chi connectivity index (χ1v) is 12.1. The molecule has 0 atom stereocenters. The molecule has 6 nitrogen and oxygen atoms in total. The molecule has 0 bridgehead atoms. The molecule has 3 aromatic carbocycles. The molecular weight excluding hydrogens is 489 g/mol. The predicted molar refractivity (Wildman–Crippen MR) is 139 cm³/mol. The van der Waals surface area contributed by atoms with Gasteiger partial charge in [0.05, 0.1) is 17.0 Å². The summed E-state index contributed by atoms with van der Waals surface area (Å²) in [5, 5.41) is 14.4. The lowest BCUT2D eigenvalue weighted by molar-refractivity contribution is -0.118. The third-order valence-electron chi connectivity index (χ3n) is 4.92. The van der Waals surface area contributed by atoms with E-state index >= 15 is 0 Å². The molecule has 0 saturated heterocycles. The van der Waals surface area contributed by atoms with Gasteiger partial charge in [0.2, 0.25) is 0 Å². The Labute approximate surface area is 212 Å². The molecule has 1 aromatic heterocycles. The first-order valence-electron chi connectivity index (χ1n) is 10.4. The summed E-state index contributed by atoms with van der Waals surface area (Å²) in [5.74, 6) is 0.549. The smallest absolute Gasteiger partial charge is 0.250 e. The van der Waals surface area contributed by atoms with Gasteiger partial charge in [-0.15, -0.1) is 10.2 Å². The van der Waals surface area contributed by atoms with E-state index in [4.69, 9.17) is 23.2 Å². The van der Waals surface area contributed by atoms with E-state index in [-0.39, 0.29) is 11.7 Å². The SMILES string of the molecule is Cc1ccc(-c2nnc(SCC(=O)NN=Cc3ccc(Cl)cc3Cl)n2-c2ccc(C)cc2)cc1. The second kappa shape index (κ2) is 10.9. The quantitative estimate of drug-likeness (QED) is 0.185. The minimum Gasteiger partial charge on any atom is -0.272 e. The number of aromatic nitrogens is 3. The van der Waals surface area contributed by atoms with Gasteiger partial charge < -0.3 is 0 Å². The van der Waals surface area contributed by atoms with Crippen LogP contribution in [0.25, 0.3) is 17.1 Å². The van der Waals surface area contributed by atoms with Gasteiger partial charge in [-0.3, -0.25) is 9.36 Å². The van der Waals surface area contributed by atoms with Crippen LogP contribution in [0.15, 0.2) is 77.0 Å². The number of rotatable bonds is 7. The molecule has 34 heavy (non-hydrogen) atoms. The lowest BCUT2D eigenvalue weighted by atomic mass is 10.1. The van der Waals surface area contributed by atoms with Crippen molar-refractivity contribution in [2.75, 3.05) is 5.75 Å². The van der Waals surface area contributed by atoms with Crippen molar-refractivity contribution in [2.24, 2.45) is 5.10 Å². The molecule has 172 valence electrons. The molecule has 4 aromatic rings. The summed E-state index contributed by atoms with van der Waals surface area (Å²) in [6.45, 7) is 4.08. The number of nitrogens with one attached hydrogen (secondary N) is 1. The van der Waals surface area contributed by atoms with Gasteiger partial charge in [-0.05, 0) is 38.1 Å². The zero-order valence-electron chi connectivity index (χ0n) is 18.5. The van der Waals surface area contributed by atoms with Gasteiger partial charge in [0.15, 0.2) is 11.0 Å². The molecule has 0 spiro atoms. The maximum atomic E-state index is 12.4. The lowest BCUT2D eigenvalue weighted by Crippen LogP contribution is -2.20. The van der Waals surface area contributed by atoms with Crippen molar-refractivity contribution < 1.29 is 4.79 Å². The van der Waals surface area contributed by atoms with Crippen LogP contribution in [0.1, 0.15) is 16.7 Å². The van der Waals surface area contributed by atoms with Gasteiger partial charge in [0.25, 0.3) is 5.91 Å². The van der Waals surface area contributed by atoms with Crippen LogP contribution in [0.4, 0.5) is 0 Å². The number of benzene rings is 3. The maximum Gasteiger partial charge on any atom is 0.250 e. The zero-order valence-corrected chi connectivity index (χ0v) is 20.8. The van der Waals surface area contributed by atoms with Crippen LogP contribution in [-0.4, -0.2) is 32.6 Å². The van der Waals surface area contributed by atoms with Crippen molar-refractivity contribution >= 4 is 47.1 Å². The van der Waals surface area contributed by atoms with Crippen molar-refractivity contribution in [3.05, 3.63) is 93.5 Å². The molecule has 0 aliphatic carbocycles. The number of halogens is 2. The van der Waals surface area contributed by atoms with E-state index in [2.05, 4.69) is 20.7 Å². The van der Waals surface area contributed by atoms with Crippen molar-refractivity contribution in [1.29, 1.82) is 0 Å². The monoisotopic (exact) mass is 509 g/mol. The summed E-state index contributed by atoms with van der Waals surface area (Å²) in [5.41, 5.74) is 7.35. The van der Waals surface area contributed by atoms with E-state index in [0.717, 1.165) is 22.4 Å². The summed E-state index contributed by atoms with van der Waals surface area (Å²) in [6.07, 6.45) is 1.48. The topological polar surface area (TPSA) is 72.2 Å². The second-order valence-electron chi connectivity index (χ2n) is 7.59. The number of nitrogens with zero attached hydrogens (tertiary/aromatic N) is 4. The van der Waals surface area contributed by atoms with Gasteiger partial charge in [-0.2, -0.15) is 5.10 Å². The molecule has 1 N–H and O–H groups in total. The number of aryl methyl sites for hydroxylation is 2. The Hall–Kier alpha value is -3.13. The average Bonchev–Trinajstić information content (AvgIpc) is 3.24. The van der Waals surface area contributed by atoms with Crippen LogP contribution in [0, 0.1) is 13.8 Å². The summed E-state index contributed by atoms with van der Waals surface area (Å²) < 4.78 is 1.96. The molecule has 0 saturated carbocycles. The molecule has 0 unspecified atom stereocenters. The maximum absolute atomic E-state index is 12.4. The third-order valence-corrected chi connectivity index (χ3v) is 6.41. The zero-order chi connectivity index (χ0) is 24.1. The Morgan fingerprint density at radius 1 is 1.00 bits per heavy atom. The largest absolute Gasteiger partial charge is 0.272 e. The fourth-order valence-corrected chi connectivity index (χ4v) is 4.32. The molecule has 0 fully saturated rings. The molecule has 1 amide bonds. The van der Waals surface area contributed by atoms with Crippen molar-refractivity contribution in [1.82, 2.24) is 20.2 Å². The Morgan fingerprint density at radius 3 is 2.35 bits per heavy atom. The highest BCUT2D eigenvalue weighted by molar-refractivity contribution is 7.99. The van der Waals surface area contributed by atoms with E-state index < -0.39 is 0 Å². The van der Waals surface area contributed by atoms with Gasteiger partial charge in [0, 0.05) is 21.8 Å². The van der Waals surface area contributed by atoms with Crippen LogP contribution in [0.5, 0.6) is 0 Å². The van der Waals surface area contributed by atoms with Crippen molar-refractivity contribution in [3.8, 4) is 17.1 Å². The average molecular weight is 510 g/mol. The highest BCUT2D eigenvalue weighted by Crippen LogP contribution is 2.28. The first kappa shape index (κ1) is 24.0. The summed E-state index contributed by atoms with van der Waals surface area (Å²) in [4.78, 5) is 12.4. The van der Waals surface area contributed by atoms with Gasteiger partial charge in [0.1, 0.15) is 0 Å². The second-order valence-corrected chi connectivity index (χ2v) is 9.38. The Balaban J connectivity index is 1.51. The van der Waals surface area contributed by atoms with Crippen molar-refractivity contribution in [2.45, 2.75) is 19.0 Å². The molecule has 0 radical (unpaired) electrons. The minimum absolute atomic E-state index is 0.115. The van der Waals surface area contributed by atoms with Crippen LogP contribution in [0.2, 0.25) is 10.0 Å². The molecule has 1 heterocycles. The van der Waals surface area contributed by atoms with E-state index in [1.165, 1.54) is 18.0 Å². The molecular formula is C25H21Cl2N5OS. The first-order chi connectivity index (χ1) is 16.4. The van der Waals surface area contributed by atoms with E-state index in [1.54, 1.807) is 18.2 Å². The van der Waals surface area contributed by atoms with E-state index in [1.807, 2.05) is 66.9 Å². The van der Waals surface area contributed by atoms with Crippen LogP contribution >= 0.6 is 35.0 Å². The number of amides is 1. The number of carbonyl (C=O) groups is 1. The lowest BCUT2D eigenvalue weighted by Gasteiger charge is -2.11. The number of hydrazone groups is 1. The fourth-order valence-electron chi connectivity index (χ4n) is 3.12. The van der Waals surface area contributed by atoms with E-state index in [0.29, 0.717) is 26.6 Å². The number of hydrogen-bond donors (Lipinski definition) is 1. The van der Waals surface area contributed by atoms with Crippen LogP contribution < -0.4 is 5.43 Å². The highest BCUT2D eigenvalue weighted by Gasteiger charge is 2.17. The predicted octanol–water partition coefficient (Wildman–Crippen LogP) is 6.10. The summed E-state index contributed by atoms with van der Waals surface area (Å²) in [7, 11) is 0. The van der Waals surface area contributed by atoms with Crippen LogP contribution in [0.3, 0.4) is 0 Å². The summed E-state index contributed by atoms with van der Waals surface area (Å²) >= 11 is 13.3. The molecule has 4 rings (SSSR count). The van der Waals surface area contributed by atoms with Crippen molar-refractivity contribution in [3.63, 3.8) is 0 Å². The van der Waals surface area contributed by atoms with Crippen LogP contribution in [-0.2, 0) is 4.79 Å². The normalized spacial score (nSPS) is 11.2. The van der Waals surface area contributed by atoms with Gasteiger partial charge >= 0.3 is 0 Å². The van der Waals surface area contributed by atoms with Gasteiger partial charge in [-0.25, -0.2) is 5.43 Å². The standard InChI is InChI=1S/C25H21Cl2N5OS/c1-16-3-7-18(8-4-16)24-30-31-25(32(24)21-11-5-17(2)6-12-21)34-15-23(33)29-28-14-19-9-10-20(26)13-22(19)27/h3-14H,15H2,1-2H3,(H,29,33). The number of hydrogen-bond acceptors (Lipinski definition) is 5. The highest BCUT2D eigenvalue weighted by atomic mass is 35.5. The Morgan fingerprint density at radius 2 is 1.68 bits per heavy atom. The molecule has 0 aliphatic heterocycles. The number of thioether (sulfide) groups is 1. The number of carbonyl (C=O) groups excluding carboxylic acids is 1. The Bertz CT molecular complexity index is 1330. The molecule has 0 aliphatic rings.